The predicted octanol–water partition coefficient (Wildman–Crippen LogP) is 4.71. The van der Waals surface area contributed by atoms with Crippen LogP contribution in [0.25, 0.3) is 10.9 Å². The summed E-state index contributed by atoms with van der Waals surface area (Å²) in [6, 6.07) is 13.9. The topological polar surface area (TPSA) is 52.9 Å². The van der Waals surface area contributed by atoms with Crippen molar-refractivity contribution in [1.82, 2.24) is 9.47 Å². The number of aromatic nitrogens is 1. The van der Waals surface area contributed by atoms with Crippen LogP contribution in [0.4, 0.5) is 0 Å². The minimum absolute atomic E-state index is 0.0449. The number of benzene rings is 2. The summed E-state index contributed by atoms with van der Waals surface area (Å²) < 4.78 is 18.5. The summed E-state index contributed by atoms with van der Waals surface area (Å²) in [5, 5.41) is 1.31. The van der Waals surface area contributed by atoms with Gasteiger partial charge in [0.2, 0.25) is 0 Å². The van der Waals surface area contributed by atoms with E-state index in [0.29, 0.717) is 29.6 Å². The van der Waals surface area contributed by atoms with Gasteiger partial charge in [-0.25, -0.2) is 0 Å². The Morgan fingerprint density at radius 2 is 1.78 bits per heavy atom. The largest absolute Gasteiger partial charge is 0.493 e. The van der Waals surface area contributed by atoms with Gasteiger partial charge in [0, 0.05) is 48.9 Å². The molecule has 2 aromatic carbocycles. The number of nitrogens with zero attached hydrogens (tertiary/aromatic N) is 2. The number of methoxy groups -OCH3 is 2. The average molecular weight is 437 g/mol. The maximum absolute atomic E-state index is 13.1. The molecule has 0 radical (unpaired) electrons. The van der Waals surface area contributed by atoms with Crippen LogP contribution in [0.3, 0.4) is 0 Å². The van der Waals surface area contributed by atoms with Crippen LogP contribution < -0.4 is 9.47 Å². The fourth-order valence-corrected chi connectivity index (χ4v) is 4.64. The number of para-hydroxylation sites is 1. The van der Waals surface area contributed by atoms with Crippen molar-refractivity contribution in [3.05, 3.63) is 59.8 Å². The number of fused-ring (bicyclic) bond motifs is 1. The van der Waals surface area contributed by atoms with Crippen LogP contribution >= 0.6 is 0 Å². The van der Waals surface area contributed by atoms with Crippen molar-refractivity contribution in [3.8, 4) is 11.5 Å². The third kappa shape index (κ3) is 4.46. The highest BCUT2D eigenvalue weighted by Gasteiger charge is 2.27. The zero-order valence-electron chi connectivity index (χ0n) is 19.2. The number of hydrogen-bond acceptors (Lipinski definition) is 4. The van der Waals surface area contributed by atoms with Gasteiger partial charge in [-0.15, -0.1) is 0 Å². The summed E-state index contributed by atoms with van der Waals surface area (Å²) in [6.07, 6.45) is 4.21. The first-order valence-corrected chi connectivity index (χ1v) is 11.3. The van der Waals surface area contributed by atoms with Crippen molar-refractivity contribution in [2.45, 2.75) is 32.2 Å². The summed E-state index contributed by atoms with van der Waals surface area (Å²) in [5.41, 5.74) is 3.27. The van der Waals surface area contributed by atoms with E-state index in [1.54, 1.807) is 26.4 Å². The van der Waals surface area contributed by atoms with Crippen LogP contribution in [0, 0.1) is 0 Å². The normalized spacial score (nSPS) is 14.7. The number of rotatable bonds is 8. The van der Waals surface area contributed by atoms with Crippen molar-refractivity contribution in [2.75, 3.05) is 40.5 Å². The number of carbonyl (C=O) groups excluding carboxylic acids is 1. The van der Waals surface area contributed by atoms with Gasteiger partial charge in [-0.2, -0.15) is 0 Å². The van der Waals surface area contributed by atoms with Crippen molar-refractivity contribution >= 4 is 16.8 Å². The third-order valence-electron chi connectivity index (χ3n) is 6.35. The second kappa shape index (κ2) is 10.1. The Labute approximate surface area is 189 Å². The highest BCUT2D eigenvalue weighted by atomic mass is 16.5. The molecule has 3 aromatic rings. The number of piperidine rings is 1. The first-order chi connectivity index (χ1) is 15.7. The van der Waals surface area contributed by atoms with Gasteiger partial charge >= 0.3 is 0 Å². The van der Waals surface area contributed by atoms with Gasteiger partial charge in [0.1, 0.15) is 0 Å². The minimum atomic E-state index is 0.0449. The van der Waals surface area contributed by atoms with E-state index in [4.69, 9.17) is 14.2 Å². The van der Waals surface area contributed by atoms with Gasteiger partial charge in [0.25, 0.3) is 5.91 Å². The molecule has 32 heavy (non-hydrogen) atoms. The molecular formula is C26H32N2O4. The molecule has 1 saturated heterocycles. The Bertz CT molecular complexity index is 1070. The number of likely N-dealkylation sites (tertiary alicyclic amines) is 1. The highest BCUT2D eigenvalue weighted by Crippen LogP contribution is 2.35. The quantitative estimate of drug-likeness (QED) is 0.480. The van der Waals surface area contributed by atoms with Crippen molar-refractivity contribution < 1.29 is 19.0 Å². The van der Waals surface area contributed by atoms with Crippen LogP contribution in [0.5, 0.6) is 11.5 Å². The van der Waals surface area contributed by atoms with E-state index in [-0.39, 0.29) is 5.91 Å². The lowest BCUT2D eigenvalue weighted by Gasteiger charge is -2.32. The Morgan fingerprint density at radius 1 is 1.03 bits per heavy atom. The molecule has 0 N–H and O–H groups in total. The number of hydrogen-bond donors (Lipinski definition) is 0. The Balaban J connectivity index is 1.47. The fraction of sp³-hybridized carbons (Fsp3) is 0.423. The molecule has 1 aliphatic rings. The second-order valence-corrected chi connectivity index (χ2v) is 8.13. The maximum Gasteiger partial charge on any atom is 0.253 e. The molecule has 1 fully saturated rings. The monoisotopic (exact) mass is 436 g/mol. The number of carbonyl (C=O) groups is 1. The molecule has 1 aromatic heterocycles. The van der Waals surface area contributed by atoms with Gasteiger partial charge in [-0.1, -0.05) is 18.2 Å². The fourth-order valence-electron chi connectivity index (χ4n) is 4.64. The standard InChI is InChI=1S/C26H32N2O4/c1-4-32-16-15-28-18-22(21-7-5-6-8-23(21)28)19-11-13-27(14-12-19)26(29)20-9-10-24(30-2)25(17-20)31-3/h5-10,17-19H,4,11-16H2,1-3H3. The molecule has 0 aliphatic carbocycles. The van der Waals surface area contributed by atoms with E-state index >= 15 is 0 Å². The van der Waals surface area contributed by atoms with Gasteiger partial charge in [-0.3, -0.25) is 4.79 Å². The van der Waals surface area contributed by atoms with Crippen LogP contribution in [0.2, 0.25) is 0 Å². The molecule has 0 saturated carbocycles. The van der Waals surface area contributed by atoms with Crippen LogP contribution in [-0.4, -0.2) is 55.9 Å². The van der Waals surface area contributed by atoms with E-state index in [1.165, 1.54) is 16.5 Å². The molecule has 6 heteroatoms. The Hall–Kier alpha value is -2.99. The lowest BCUT2D eigenvalue weighted by molar-refractivity contribution is 0.0712. The van der Waals surface area contributed by atoms with E-state index in [0.717, 1.165) is 39.1 Å². The van der Waals surface area contributed by atoms with Gasteiger partial charge in [0.15, 0.2) is 11.5 Å². The summed E-state index contributed by atoms with van der Waals surface area (Å²) in [6.45, 7) is 5.82. The lowest BCUT2D eigenvalue weighted by atomic mass is 9.89. The van der Waals surface area contributed by atoms with Crippen molar-refractivity contribution in [2.24, 2.45) is 0 Å². The van der Waals surface area contributed by atoms with E-state index in [2.05, 4.69) is 35.0 Å². The first-order valence-electron chi connectivity index (χ1n) is 11.3. The maximum atomic E-state index is 13.1. The lowest BCUT2D eigenvalue weighted by Crippen LogP contribution is -2.37. The predicted molar refractivity (Wildman–Crippen MR) is 126 cm³/mol. The van der Waals surface area contributed by atoms with Crippen LogP contribution in [0.1, 0.15) is 41.6 Å². The van der Waals surface area contributed by atoms with Gasteiger partial charge < -0.3 is 23.7 Å². The van der Waals surface area contributed by atoms with Crippen molar-refractivity contribution in [1.29, 1.82) is 0 Å². The average Bonchev–Trinajstić information content (AvgIpc) is 3.22. The Kier molecular flexibility index (Phi) is 7.00. The Morgan fingerprint density at radius 3 is 2.50 bits per heavy atom. The SMILES string of the molecule is CCOCCn1cc(C2CCN(C(=O)c3ccc(OC)c(OC)c3)CC2)c2ccccc21. The molecule has 1 aliphatic heterocycles. The molecule has 1 amide bonds. The first kappa shape index (κ1) is 22.2. The molecule has 0 unspecified atom stereocenters. The third-order valence-corrected chi connectivity index (χ3v) is 6.35. The second-order valence-electron chi connectivity index (χ2n) is 8.13. The molecule has 0 bridgehead atoms. The molecule has 0 atom stereocenters. The molecular weight excluding hydrogens is 404 g/mol. The summed E-state index contributed by atoms with van der Waals surface area (Å²) in [5.74, 6) is 1.70. The zero-order chi connectivity index (χ0) is 22.5. The molecule has 0 spiro atoms. The summed E-state index contributed by atoms with van der Waals surface area (Å²) in [4.78, 5) is 15.0. The molecule has 170 valence electrons. The van der Waals surface area contributed by atoms with Crippen LogP contribution in [0.15, 0.2) is 48.7 Å². The van der Waals surface area contributed by atoms with Crippen molar-refractivity contribution in [3.63, 3.8) is 0 Å². The summed E-state index contributed by atoms with van der Waals surface area (Å²) in [7, 11) is 3.18. The zero-order valence-corrected chi connectivity index (χ0v) is 19.2. The smallest absolute Gasteiger partial charge is 0.253 e. The highest BCUT2D eigenvalue weighted by molar-refractivity contribution is 5.95. The number of ether oxygens (including phenoxy) is 3. The molecule has 2 heterocycles. The minimum Gasteiger partial charge on any atom is -0.493 e. The number of amides is 1. The summed E-state index contributed by atoms with van der Waals surface area (Å²) >= 11 is 0. The van der Waals surface area contributed by atoms with Crippen LogP contribution in [-0.2, 0) is 11.3 Å². The molecule has 6 nitrogen and oxygen atoms in total. The molecule has 4 rings (SSSR count). The van der Waals surface area contributed by atoms with Gasteiger partial charge in [0.05, 0.1) is 20.8 Å². The van der Waals surface area contributed by atoms with E-state index < -0.39 is 0 Å². The van der Waals surface area contributed by atoms with E-state index in [1.807, 2.05) is 17.9 Å². The van der Waals surface area contributed by atoms with E-state index in [9.17, 15) is 4.79 Å². The van der Waals surface area contributed by atoms with Gasteiger partial charge in [-0.05, 0) is 55.5 Å².